The molecule has 2 atom stereocenters. The van der Waals surface area contributed by atoms with Gasteiger partial charge in [-0.3, -0.25) is 0 Å². The van der Waals surface area contributed by atoms with Crippen LogP contribution in [-0.2, 0) is 5.41 Å². The number of aromatic nitrogens is 6. The zero-order valence-corrected chi connectivity index (χ0v) is 40.2. The molecule has 2 bridgehead atoms. The first-order valence-electron chi connectivity index (χ1n) is 24.7. The quantitative estimate of drug-likeness (QED) is 0.151. The van der Waals surface area contributed by atoms with Gasteiger partial charge in [0.1, 0.15) is 0 Å². The number of nitrogens with zero attached hydrogens (tertiary/aromatic N) is 6. The standard InChI is InChI=1S/C66H48N6/c1-66(2,3)51-32-35-54-57(40-51)59-53-34-31-49(64-69-60(43-22-12-6-13-23-43)67-62(71-64)47-28-16-26-45(36-47)41-18-8-4-9-19-41)38-55(53)58(54)52-33-30-50(39-56(52)59)65-70-61(44-24-14-7-15-25-44)68-63(72-65)48-29-17-27-46(37-48)42-20-10-5-11-21-42/h4-40,58-59H,1-3H3. The van der Waals surface area contributed by atoms with Crippen molar-refractivity contribution >= 4 is 0 Å². The van der Waals surface area contributed by atoms with E-state index in [2.05, 4.69) is 197 Å². The molecule has 11 aromatic rings. The van der Waals surface area contributed by atoms with Crippen LogP contribution in [0.15, 0.2) is 224 Å². The minimum absolute atomic E-state index is 0.00926. The van der Waals surface area contributed by atoms with Gasteiger partial charge < -0.3 is 0 Å². The lowest BCUT2D eigenvalue weighted by Crippen LogP contribution is -2.28. The molecule has 3 aliphatic rings. The van der Waals surface area contributed by atoms with Crippen molar-refractivity contribution in [3.05, 3.63) is 263 Å². The van der Waals surface area contributed by atoms with Crippen molar-refractivity contribution in [1.82, 2.24) is 29.9 Å². The summed E-state index contributed by atoms with van der Waals surface area (Å²) < 4.78 is 0. The molecule has 2 aromatic heterocycles. The van der Waals surface area contributed by atoms with E-state index < -0.39 is 0 Å². The highest BCUT2D eigenvalue weighted by Gasteiger charge is 2.42. The normalized spacial score (nSPS) is 14.3. The van der Waals surface area contributed by atoms with Crippen LogP contribution < -0.4 is 0 Å². The smallest absolute Gasteiger partial charge is 0.164 e. The third-order valence-corrected chi connectivity index (χ3v) is 14.3. The van der Waals surface area contributed by atoms with Crippen LogP contribution in [0.1, 0.15) is 71.6 Å². The number of hydrogen-bond acceptors (Lipinski definition) is 6. The van der Waals surface area contributed by atoms with Gasteiger partial charge in [-0.1, -0.05) is 221 Å². The molecule has 6 nitrogen and oxygen atoms in total. The van der Waals surface area contributed by atoms with Gasteiger partial charge in [-0.05, 0) is 90.9 Å². The van der Waals surface area contributed by atoms with E-state index in [1.807, 2.05) is 48.5 Å². The Morgan fingerprint density at radius 3 is 0.917 bits per heavy atom. The fourth-order valence-electron chi connectivity index (χ4n) is 10.7. The zero-order valence-electron chi connectivity index (χ0n) is 40.2. The fraction of sp³-hybridized carbons (Fsp3) is 0.0909. The predicted octanol–water partition coefficient (Wildman–Crippen LogP) is 15.7. The van der Waals surface area contributed by atoms with Crippen molar-refractivity contribution in [1.29, 1.82) is 0 Å². The van der Waals surface area contributed by atoms with E-state index in [9.17, 15) is 0 Å². The van der Waals surface area contributed by atoms with Crippen LogP contribution >= 0.6 is 0 Å². The summed E-state index contributed by atoms with van der Waals surface area (Å²) in [6.07, 6.45) is 0. The molecule has 2 unspecified atom stereocenters. The van der Waals surface area contributed by atoms with E-state index in [0.29, 0.717) is 34.9 Å². The average molecular weight is 925 g/mol. The summed E-state index contributed by atoms with van der Waals surface area (Å²) >= 11 is 0. The monoisotopic (exact) mass is 924 g/mol. The Morgan fingerprint density at radius 1 is 0.236 bits per heavy atom. The molecule has 72 heavy (non-hydrogen) atoms. The predicted molar refractivity (Wildman–Crippen MR) is 290 cm³/mol. The van der Waals surface area contributed by atoms with Crippen molar-refractivity contribution in [3.63, 3.8) is 0 Å². The second-order valence-electron chi connectivity index (χ2n) is 19.9. The first-order chi connectivity index (χ1) is 35.3. The Bertz CT molecular complexity index is 3850. The molecular formula is C66H48N6. The summed E-state index contributed by atoms with van der Waals surface area (Å²) in [5.41, 5.74) is 19.3. The van der Waals surface area contributed by atoms with Crippen molar-refractivity contribution in [3.8, 4) is 90.6 Å². The molecular weight excluding hydrogens is 877 g/mol. The molecule has 0 fully saturated rings. The molecule has 0 saturated heterocycles. The summed E-state index contributed by atoms with van der Waals surface area (Å²) in [5.74, 6) is 3.80. The van der Waals surface area contributed by atoms with Crippen LogP contribution in [0, 0.1) is 0 Å². The number of benzene rings is 9. The van der Waals surface area contributed by atoms with Crippen LogP contribution in [0.4, 0.5) is 0 Å². The summed E-state index contributed by atoms with van der Waals surface area (Å²) in [7, 11) is 0. The Morgan fingerprint density at radius 2 is 0.528 bits per heavy atom. The maximum atomic E-state index is 5.26. The first-order valence-corrected chi connectivity index (χ1v) is 24.7. The van der Waals surface area contributed by atoms with E-state index in [-0.39, 0.29) is 17.3 Å². The van der Waals surface area contributed by atoms with E-state index >= 15 is 0 Å². The summed E-state index contributed by atoms with van der Waals surface area (Å²) in [6.45, 7) is 6.89. The first kappa shape index (κ1) is 43.1. The van der Waals surface area contributed by atoms with E-state index in [1.165, 1.54) is 38.9 Å². The molecule has 0 N–H and O–H groups in total. The van der Waals surface area contributed by atoms with Crippen LogP contribution in [0.3, 0.4) is 0 Å². The van der Waals surface area contributed by atoms with Gasteiger partial charge >= 0.3 is 0 Å². The lowest BCUT2D eigenvalue weighted by molar-refractivity contribution is 0.587. The van der Waals surface area contributed by atoms with Gasteiger partial charge in [0, 0.05) is 45.2 Å². The summed E-state index contributed by atoms with van der Waals surface area (Å²) in [4.78, 5) is 31.1. The number of hydrogen-bond donors (Lipinski definition) is 0. The molecule has 342 valence electrons. The van der Waals surface area contributed by atoms with Gasteiger partial charge in [0.15, 0.2) is 34.9 Å². The third kappa shape index (κ3) is 7.78. The van der Waals surface area contributed by atoms with Gasteiger partial charge in [-0.2, -0.15) is 0 Å². The molecule has 0 radical (unpaired) electrons. The molecule has 3 aliphatic carbocycles. The van der Waals surface area contributed by atoms with Crippen LogP contribution in [0.2, 0.25) is 0 Å². The minimum Gasteiger partial charge on any atom is -0.208 e. The summed E-state index contributed by atoms with van der Waals surface area (Å²) in [5, 5.41) is 0. The molecule has 0 aliphatic heterocycles. The highest BCUT2D eigenvalue weighted by atomic mass is 15.0. The second-order valence-corrected chi connectivity index (χ2v) is 19.9. The Kier molecular flexibility index (Phi) is 10.4. The minimum atomic E-state index is -0.0243. The Hall–Kier alpha value is -9.00. The van der Waals surface area contributed by atoms with Crippen molar-refractivity contribution < 1.29 is 0 Å². The average Bonchev–Trinajstić information content (AvgIpc) is 3.45. The largest absolute Gasteiger partial charge is 0.208 e. The lowest BCUT2D eigenvalue weighted by atomic mass is 9.60. The van der Waals surface area contributed by atoms with Gasteiger partial charge in [-0.15, -0.1) is 0 Å². The topological polar surface area (TPSA) is 77.3 Å². The van der Waals surface area contributed by atoms with Gasteiger partial charge in [0.2, 0.25) is 0 Å². The third-order valence-electron chi connectivity index (χ3n) is 14.3. The fourth-order valence-corrected chi connectivity index (χ4v) is 10.7. The maximum absolute atomic E-state index is 5.26. The highest BCUT2D eigenvalue weighted by molar-refractivity contribution is 5.78. The Balaban J connectivity index is 0.947. The Labute approximate surface area is 419 Å². The highest BCUT2D eigenvalue weighted by Crippen LogP contribution is 2.57. The van der Waals surface area contributed by atoms with Crippen LogP contribution in [0.25, 0.3) is 90.6 Å². The second kappa shape index (κ2) is 17.4. The molecule has 6 heteroatoms. The van der Waals surface area contributed by atoms with Crippen LogP contribution in [-0.4, -0.2) is 29.9 Å². The van der Waals surface area contributed by atoms with Crippen molar-refractivity contribution in [2.45, 2.75) is 38.0 Å². The van der Waals surface area contributed by atoms with E-state index in [1.54, 1.807) is 0 Å². The zero-order chi connectivity index (χ0) is 48.3. The van der Waals surface area contributed by atoms with E-state index in [0.717, 1.165) is 55.6 Å². The van der Waals surface area contributed by atoms with Gasteiger partial charge in [-0.25, -0.2) is 29.9 Å². The maximum Gasteiger partial charge on any atom is 0.164 e. The van der Waals surface area contributed by atoms with Crippen LogP contribution in [0.5, 0.6) is 0 Å². The lowest BCUT2D eigenvalue weighted by Gasteiger charge is -2.43. The SMILES string of the molecule is CC(C)(C)c1ccc2c(c1)C1c3ccc(-c4nc(-c5ccccc5)nc(-c5cccc(-c6ccccc6)c5)n4)cc3C2c2ccc(-c3nc(-c4ccccc4)nc(-c4cccc(-c5ccccc5)c4)n3)cc21. The molecule has 14 rings (SSSR count). The number of rotatable bonds is 8. The molecule has 0 saturated carbocycles. The molecule has 9 aromatic carbocycles. The van der Waals surface area contributed by atoms with E-state index in [4.69, 9.17) is 29.9 Å². The summed E-state index contributed by atoms with van der Waals surface area (Å²) in [6, 6.07) is 79.2. The van der Waals surface area contributed by atoms with Crippen molar-refractivity contribution in [2.24, 2.45) is 0 Å². The van der Waals surface area contributed by atoms with Gasteiger partial charge in [0.25, 0.3) is 0 Å². The molecule has 2 heterocycles. The molecule has 0 amide bonds. The molecule has 0 spiro atoms. The van der Waals surface area contributed by atoms with Crippen molar-refractivity contribution in [2.75, 3.05) is 0 Å². The van der Waals surface area contributed by atoms with Gasteiger partial charge in [0.05, 0.1) is 0 Å².